The van der Waals surface area contributed by atoms with Crippen LogP contribution in [0.25, 0.3) is 11.1 Å². The van der Waals surface area contributed by atoms with Crippen LogP contribution in [0.3, 0.4) is 0 Å². The Hall–Kier alpha value is -3.57. The van der Waals surface area contributed by atoms with Crippen LogP contribution in [0.5, 0.6) is 11.5 Å². The average molecular weight is 443 g/mol. The first-order valence-corrected chi connectivity index (χ1v) is 11.5. The fourth-order valence-electron chi connectivity index (χ4n) is 3.79. The third-order valence-electron chi connectivity index (χ3n) is 5.64. The van der Waals surface area contributed by atoms with Crippen molar-refractivity contribution in [2.75, 3.05) is 39.3 Å². The summed E-state index contributed by atoms with van der Waals surface area (Å²) in [5.74, 6) is 1.11. The van der Waals surface area contributed by atoms with Gasteiger partial charge in [0.05, 0.1) is 6.61 Å². The molecule has 5 heteroatoms. The van der Waals surface area contributed by atoms with Crippen molar-refractivity contribution in [1.29, 1.82) is 0 Å². The van der Waals surface area contributed by atoms with E-state index in [1.54, 1.807) is 0 Å². The van der Waals surface area contributed by atoms with Crippen molar-refractivity contribution in [3.8, 4) is 22.6 Å². The van der Waals surface area contributed by atoms with Crippen molar-refractivity contribution in [3.05, 3.63) is 97.2 Å². The first kappa shape index (κ1) is 22.6. The highest BCUT2D eigenvalue weighted by atomic mass is 16.5. The van der Waals surface area contributed by atoms with E-state index in [0.29, 0.717) is 5.75 Å². The Kier molecular flexibility index (Phi) is 8.14. The smallest absolute Gasteiger partial charge is 0.337 e. The lowest BCUT2D eigenvalue weighted by Crippen LogP contribution is -2.44. The van der Waals surface area contributed by atoms with Gasteiger partial charge in [0.2, 0.25) is 0 Å². The number of piperazine rings is 1. The highest BCUT2D eigenvalue weighted by Gasteiger charge is 2.14. The third kappa shape index (κ3) is 7.22. The molecule has 0 radical (unpaired) electrons. The van der Waals surface area contributed by atoms with Crippen LogP contribution >= 0.6 is 0 Å². The van der Waals surface area contributed by atoms with Crippen molar-refractivity contribution in [2.24, 2.45) is 0 Å². The van der Waals surface area contributed by atoms with E-state index in [0.717, 1.165) is 62.6 Å². The highest BCUT2D eigenvalue weighted by Crippen LogP contribution is 2.22. The molecule has 1 fully saturated rings. The molecule has 1 heterocycles. The summed E-state index contributed by atoms with van der Waals surface area (Å²) in [6.07, 6.45) is 4.35. The second-order valence-corrected chi connectivity index (χ2v) is 8.02. The van der Waals surface area contributed by atoms with E-state index >= 15 is 0 Å². The normalized spacial score (nSPS) is 14.4. The van der Waals surface area contributed by atoms with Gasteiger partial charge in [-0.15, -0.1) is 0 Å². The maximum Gasteiger partial charge on any atom is 0.337 e. The molecule has 0 amide bonds. The minimum Gasteiger partial charge on any atom is -0.494 e. The lowest BCUT2D eigenvalue weighted by molar-refractivity contribution is -0.129. The molecule has 3 aromatic carbocycles. The monoisotopic (exact) mass is 442 g/mol. The summed E-state index contributed by atoms with van der Waals surface area (Å²) in [6, 6.07) is 27.6. The Bertz CT molecular complexity index is 1010. The van der Waals surface area contributed by atoms with E-state index in [9.17, 15) is 4.79 Å². The van der Waals surface area contributed by atoms with Crippen LogP contribution in [-0.2, 0) is 4.79 Å². The molecule has 0 bridgehead atoms. The fourth-order valence-corrected chi connectivity index (χ4v) is 3.79. The van der Waals surface area contributed by atoms with Crippen LogP contribution in [0.1, 0.15) is 6.42 Å². The Balaban J connectivity index is 1.14. The number of benzene rings is 3. The predicted octanol–water partition coefficient (Wildman–Crippen LogP) is 4.86. The van der Waals surface area contributed by atoms with E-state index in [-0.39, 0.29) is 5.97 Å². The SMILES string of the molecule is O=C(/C=C/N1CCN(CCCOc2ccccc2)CC1)Oc1ccc(-c2ccccc2)cc1. The van der Waals surface area contributed by atoms with Crippen LogP contribution < -0.4 is 9.47 Å². The molecule has 0 N–H and O–H groups in total. The van der Waals surface area contributed by atoms with Gasteiger partial charge in [-0.25, -0.2) is 4.79 Å². The van der Waals surface area contributed by atoms with E-state index in [2.05, 4.69) is 21.9 Å². The van der Waals surface area contributed by atoms with Crippen LogP contribution in [0, 0.1) is 0 Å². The Labute approximate surface area is 195 Å². The lowest BCUT2D eigenvalue weighted by Gasteiger charge is -2.33. The number of rotatable bonds is 9. The number of ether oxygens (including phenoxy) is 2. The van der Waals surface area contributed by atoms with Crippen molar-refractivity contribution in [1.82, 2.24) is 9.80 Å². The second kappa shape index (κ2) is 11.9. The molecule has 0 spiro atoms. The topological polar surface area (TPSA) is 42.0 Å². The minimum atomic E-state index is -0.358. The van der Waals surface area contributed by atoms with Crippen LogP contribution in [0.15, 0.2) is 97.2 Å². The zero-order valence-electron chi connectivity index (χ0n) is 18.8. The van der Waals surface area contributed by atoms with Gasteiger partial charge in [0, 0.05) is 45.0 Å². The lowest BCUT2D eigenvalue weighted by atomic mass is 10.1. The molecule has 0 aliphatic carbocycles. The largest absolute Gasteiger partial charge is 0.494 e. The second-order valence-electron chi connectivity index (χ2n) is 8.02. The predicted molar refractivity (Wildman–Crippen MR) is 131 cm³/mol. The van der Waals surface area contributed by atoms with Gasteiger partial charge in [0.25, 0.3) is 0 Å². The van der Waals surface area contributed by atoms with Crippen LogP contribution in [0.2, 0.25) is 0 Å². The highest BCUT2D eigenvalue weighted by molar-refractivity contribution is 5.84. The Morgan fingerprint density at radius 2 is 1.39 bits per heavy atom. The fraction of sp³-hybridized carbons (Fsp3) is 0.250. The maximum atomic E-state index is 12.2. The van der Waals surface area contributed by atoms with Gasteiger partial charge in [0.15, 0.2) is 0 Å². The number of carbonyl (C=O) groups is 1. The van der Waals surface area contributed by atoms with E-state index < -0.39 is 0 Å². The summed E-state index contributed by atoms with van der Waals surface area (Å²) >= 11 is 0. The van der Waals surface area contributed by atoms with Crippen molar-refractivity contribution in [2.45, 2.75) is 6.42 Å². The molecule has 3 aromatic rings. The third-order valence-corrected chi connectivity index (χ3v) is 5.64. The molecule has 1 aliphatic heterocycles. The quantitative estimate of drug-likeness (QED) is 0.205. The van der Waals surface area contributed by atoms with Gasteiger partial charge in [-0.2, -0.15) is 0 Å². The van der Waals surface area contributed by atoms with Crippen molar-refractivity contribution in [3.63, 3.8) is 0 Å². The number of esters is 1. The summed E-state index contributed by atoms with van der Waals surface area (Å²) in [4.78, 5) is 16.8. The van der Waals surface area contributed by atoms with E-state index in [4.69, 9.17) is 9.47 Å². The number of para-hydroxylation sites is 1. The average Bonchev–Trinajstić information content (AvgIpc) is 2.88. The zero-order chi connectivity index (χ0) is 22.7. The van der Waals surface area contributed by atoms with Crippen LogP contribution in [-0.4, -0.2) is 55.1 Å². The van der Waals surface area contributed by atoms with E-state index in [1.165, 1.54) is 6.08 Å². The molecule has 33 heavy (non-hydrogen) atoms. The van der Waals surface area contributed by atoms with Crippen molar-refractivity contribution < 1.29 is 14.3 Å². The summed E-state index contributed by atoms with van der Waals surface area (Å²) in [7, 11) is 0. The minimum absolute atomic E-state index is 0.358. The Morgan fingerprint density at radius 3 is 2.09 bits per heavy atom. The zero-order valence-corrected chi connectivity index (χ0v) is 18.8. The first-order chi connectivity index (χ1) is 16.3. The number of carbonyl (C=O) groups excluding carboxylic acids is 1. The first-order valence-electron chi connectivity index (χ1n) is 11.5. The molecule has 0 atom stereocenters. The van der Waals surface area contributed by atoms with Gasteiger partial charge >= 0.3 is 5.97 Å². The number of hydrogen-bond acceptors (Lipinski definition) is 5. The molecular formula is C28H30N2O3. The van der Waals surface area contributed by atoms with Gasteiger partial charge in [-0.3, -0.25) is 4.90 Å². The summed E-state index contributed by atoms with van der Waals surface area (Å²) in [5, 5.41) is 0. The molecule has 1 aliphatic rings. The molecule has 0 aromatic heterocycles. The molecule has 4 rings (SSSR count). The molecule has 5 nitrogen and oxygen atoms in total. The van der Waals surface area contributed by atoms with Gasteiger partial charge in [-0.05, 0) is 41.8 Å². The summed E-state index contributed by atoms with van der Waals surface area (Å²) in [5.41, 5.74) is 2.23. The Morgan fingerprint density at radius 1 is 0.758 bits per heavy atom. The van der Waals surface area contributed by atoms with Crippen molar-refractivity contribution >= 4 is 5.97 Å². The molecule has 1 saturated heterocycles. The molecule has 170 valence electrons. The number of nitrogens with zero attached hydrogens (tertiary/aromatic N) is 2. The molecule has 0 unspecified atom stereocenters. The van der Waals surface area contributed by atoms with Gasteiger partial charge in [0.1, 0.15) is 11.5 Å². The van der Waals surface area contributed by atoms with E-state index in [1.807, 2.05) is 79.0 Å². The van der Waals surface area contributed by atoms with Crippen LogP contribution in [0.4, 0.5) is 0 Å². The molecule has 0 saturated carbocycles. The van der Waals surface area contributed by atoms with Gasteiger partial charge < -0.3 is 14.4 Å². The number of hydrogen-bond donors (Lipinski definition) is 0. The maximum absolute atomic E-state index is 12.2. The molecular weight excluding hydrogens is 412 g/mol. The summed E-state index contributed by atoms with van der Waals surface area (Å²) < 4.78 is 11.2. The summed E-state index contributed by atoms with van der Waals surface area (Å²) in [6.45, 7) is 5.50. The van der Waals surface area contributed by atoms with Gasteiger partial charge in [-0.1, -0.05) is 60.7 Å². The standard InChI is InChI=1S/C28H30N2O3/c31-28(33-27-14-12-25(13-15-27)24-8-3-1-4-9-24)16-18-30-21-19-29(20-22-30)17-7-23-32-26-10-5-2-6-11-26/h1-6,8-16,18H,7,17,19-23H2/b18-16+.